The van der Waals surface area contributed by atoms with E-state index in [4.69, 9.17) is 4.74 Å². The fourth-order valence-corrected chi connectivity index (χ4v) is 2.86. The van der Waals surface area contributed by atoms with E-state index in [0.29, 0.717) is 12.1 Å². The SMILES string of the molecule is CCCCNC(=O)C(c1ccc(O)cc1)N(C(=O)CNC(=O)OC(C)(C)C)C(C)C. The van der Waals surface area contributed by atoms with Gasteiger partial charge in [-0.25, -0.2) is 4.79 Å². The molecule has 0 spiro atoms. The fraction of sp³-hybridized carbons (Fsp3) is 0.591. The third-order valence-electron chi connectivity index (χ3n) is 4.19. The number of amides is 3. The minimum Gasteiger partial charge on any atom is -0.508 e. The number of aromatic hydroxyl groups is 1. The van der Waals surface area contributed by atoms with Gasteiger partial charge in [-0.05, 0) is 58.7 Å². The average molecular weight is 422 g/mol. The van der Waals surface area contributed by atoms with Crippen LogP contribution in [-0.4, -0.2) is 52.6 Å². The van der Waals surface area contributed by atoms with Crippen molar-refractivity contribution in [3.8, 4) is 5.75 Å². The predicted molar refractivity (Wildman–Crippen MR) is 115 cm³/mol. The molecule has 0 bridgehead atoms. The van der Waals surface area contributed by atoms with Gasteiger partial charge in [-0.3, -0.25) is 9.59 Å². The van der Waals surface area contributed by atoms with Crippen molar-refractivity contribution in [2.75, 3.05) is 13.1 Å². The molecule has 1 rings (SSSR count). The molecule has 0 saturated carbocycles. The topological polar surface area (TPSA) is 108 Å². The van der Waals surface area contributed by atoms with Crippen LogP contribution in [0.1, 0.15) is 66.0 Å². The standard InChI is InChI=1S/C22H35N3O5/c1-7-8-13-23-20(28)19(16-9-11-17(26)12-10-16)25(15(2)3)18(27)14-24-21(29)30-22(4,5)6/h9-12,15,19,26H,7-8,13-14H2,1-6H3,(H,23,28)(H,24,29). The van der Waals surface area contributed by atoms with Crippen molar-refractivity contribution < 1.29 is 24.2 Å². The van der Waals surface area contributed by atoms with Gasteiger partial charge in [0.25, 0.3) is 0 Å². The van der Waals surface area contributed by atoms with Gasteiger partial charge >= 0.3 is 6.09 Å². The summed E-state index contributed by atoms with van der Waals surface area (Å²) < 4.78 is 5.17. The van der Waals surface area contributed by atoms with E-state index < -0.39 is 23.6 Å². The number of phenolic OH excluding ortho intramolecular Hbond substituents is 1. The number of hydrogen-bond donors (Lipinski definition) is 3. The van der Waals surface area contributed by atoms with Crippen LogP contribution >= 0.6 is 0 Å². The Morgan fingerprint density at radius 2 is 1.70 bits per heavy atom. The Bertz CT molecular complexity index is 710. The lowest BCUT2D eigenvalue weighted by atomic mass is 10.0. The Balaban J connectivity index is 3.08. The van der Waals surface area contributed by atoms with Crippen molar-refractivity contribution in [2.24, 2.45) is 0 Å². The number of nitrogens with one attached hydrogen (secondary N) is 2. The second-order valence-corrected chi connectivity index (χ2v) is 8.39. The van der Waals surface area contributed by atoms with Crippen molar-refractivity contribution >= 4 is 17.9 Å². The van der Waals surface area contributed by atoms with Crippen LogP contribution in [0.4, 0.5) is 4.79 Å². The van der Waals surface area contributed by atoms with Gasteiger partial charge in [0.05, 0.1) is 0 Å². The van der Waals surface area contributed by atoms with E-state index in [1.54, 1.807) is 46.8 Å². The molecule has 0 aliphatic heterocycles. The first kappa shape index (κ1) is 25.3. The highest BCUT2D eigenvalue weighted by atomic mass is 16.6. The van der Waals surface area contributed by atoms with Crippen molar-refractivity contribution in [1.29, 1.82) is 0 Å². The molecule has 0 saturated heterocycles. The molecule has 0 fully saturated rings. The lowest BCUT2D eigenvalue weighted by Gasteiger charge is -2.34. The number of alkyl carbamates (subject to hydrolysis) is 1. The average Bonchev–Trinajstić information content (AvgIpc) is 2.63. The number of unbranched alkanes of at least 4 members (excludes halogenated alkanes) is 1. The Morgan fingerprint density at radius 1 is 1.10 bits per heavy atom. The van der Waals surface area contributed by atoms with Crippen LogP contribution in [0.2, 0.25) is 0 Å². The largest absolute Gasteiger partial charge is 0.508 e. The monoisotopic (exact) mass is 421 g/mol. The fourth-order valence-electron chi connectivity index (χ4n) is 2.86. The molecule has 8 heteroatoms. The summed E-state index contributed by atoms with van der Waals surface area (Å²) in [7, 11) is 0. The molecule has 3 N–H and O–H groups in total. The first-order chi connectivity index (χ1) is 14.0. The zero-order valence-electron chi connectivity index (χ0n) is 18.8. The number of hydrogen-bond acceptors (Lipinski definition) is 5. The molecule has 1 unspecified atom stereocenters. The van der Waals surface area contributed by atoms with Crippen LogP contribution in [0.5, 0.6) is 5.75 Å². The van der Waals surface area contributed by atoms with Crippen LogP contribution in [-0.2, 0) is 14.3 Å². The highest BCUT2D eigenvalue weighted by molar-refractivity contribution is 5.90. The maximum absolute atomic E-state index is 13.0. The van der Waals surface area contributed by atoms with E-state index in [1.807, 2.05) is 6.92 Å². The molecular formula is C22H35N3O5. The molecule has 3 amide bonds. The number of ether oxygens (including phenoxy) is 1. The number of rotatable bonds is 9. The van der Waals surface area contributed by atoms with Gasteiger partial charge < -0.3 is 25.4 Å². The highest BCUT2D eigenvalue weighted by Gasteiger charge is 2.33. The lowest BCUT2D eigenvalue weighted by Crippen LogP contribution is -2.50. The third-order valence-corrected chi connectivity index (χ3v) is 4.19. The molecular weight excluding hydrogens is 386 g/mol. The number of nitrogens with zero attached hydrogens (tertiary/aromatic N) is 1. The van der Waals surface area contributed by atoms with Crippen LogP contribution in [0.25, 0.3) is 0 Å². The molecule has 0 aromatic heterocycles. The Labute approximate surface area is 179 Å². The Hall–Kier alpha value is -2.77. The van der Waals surface area contributed by atoms with E-state index in [0.717, 1.165) is 12.8 Å². The minimum atomic E-state index is -0.893. The number of carbonyl (C=O) groups excluding carboxylic acids is 3. The van der Waals surface area contributed by atoms with Crippen molar-refractivity contribution in [3.63, 3.8) is 0 Å². The van der Waals surface area contributed by atoms with E-state index in [9.17, 15) is 19.5 Å². The smallest absolute Gasteiger partial charge is 0.408 e. The molecule has 8 nitrogen and oxygen atoms in total. The molecule has 0 aliphatic rings. The molecule has 0 radical (unpaired) electrons. The van der Waals surface area contributed by atoms with Gasteiger partial charge in [-0.2, -0.15) is 0 Å². The molecule has 1 atom stereocenters. The number of phenols is 1. The minimum absolute atomic E-state index is 0.0675. The van der Waals surface area contributed by atoms with Gasteiger partial charge in [0.2, 0.25) is 11.8 Å². The summed E-state index contributed by atoms with van der Waals surface area (Å²) in [6, 6.07) is 4.98. The quantitative estimate of drug-likeness (QED) is 0.531. The molecule has 0 aliphatic carbocycles. The van der Waals surface area contributed by atoms with E-state index in [1.165, 1.54) is 17.0 Å². The van der Waals surface area contributed by atoms with Crippen LogP contribution < -0.4 is 10.6 Å². The van der Waals surface area contributed by atoms with Crippen LogP contribution in [0.3, 0.4) is 0 Å². The third kappa shape index (κ3) is 8.31. The van der Waals surface area contributed by atoms with Gasteiger partial charge in [-0.1, -0.05) is 25.5 Å². The molecule has 168 valence electrons. The normalized spacial score (nSPS) is 12.2. The lowest BCUT2D eigenvalue weighted by molar-refractivity contribution is -0.142. The first-order valence-corrected chi connectivity index (χ1v) is 10.3. The molecule has 30 heavy (non-hydrogen) atoms. The Kier molecular flexibility index (Phi) is 9.62. The van der Waals surface area contributed by atoms with E-state index in [2.05, 4.69) is 10.6 Å². The maximum Gasteiger partial charge on any atom is 0.408 e. The zero-order chi connectivity index (χ0) is 22.9. The number of benzene rings is 1. The van der Waals surface area contributed by atoms with Crippen molar-refractivity contribution in [3.05, 3.63) is 29.8 Å². The van der Waals surface area contributed by atoms with Crippen molar-refractivity contribution in [1.82, 2.24) is 15.5 Å². The summed E-state index contributed by atoms with van der Waals surface area (Å²) in [5, 5.41) is 14.9. The van der Waals surface area contributed by atoms with Gasteiger partial charge in [0.1, 0.15) is 23.9 Å². The maximum atomic E-state index is 13.0. The van der Waals surface area contributed by atoms with Gasteiger partial charge in [-0.15, -0.1) is 0 Å². The highest BCUT2D eigenvalue weighted by Crippen LogP contribution is 2.25. The van der Waals surface area contributed by atoms with E-state index in [-0.39, 0.29) is 24.2 Å². The second kappa shape index (κ2) is 11.4. The number of carbonyl (C=O) groups is 3. The second-order valence-electron chi connectivity index (χ2n) is 8.39. The summed E-state index contributed by atoms with van der Waals surface area (Å²) in [5.74, 6) is -0.661. The van der Waals surface area contributed by atoms with Crippen molar-refractivity contribution in [2.45, 2.75) is 72.1 Å². The van der Waals surface area contributed by atoms with E-state index >= 15 is 0 Å². The van der Waals surface area contributed by atoms with Crippen LogP contribution in [0, 0.1) is 0 Å². The summed E-state index contributed by atoms with van der Waals surface area (Å²) in [6.07, 6.45) is 1.05. The summed E-state index contributed by atoms with van der Waals surface area (Å²) in [6.45, 7) is 11.0. The zero-order valence-corrected chi connectivity index (χ0v) is 18.8. The predicted octanol–water partition coefficient (Wildman–Crippen LogP) is 3.11. The molecule has 1 aromatic carbocycles. The Morgan fingerprint density at radius 3 is 2.20 bits per heavy atom. The van der Waals surface area contributed by atoms with Gasteiger partial charge in [0, 0.05) is 12.6 Å². The first-order valence-electron chi connectivity index (χ1n) is 10.3. The summed E-state index contributed by atoms with van der Waals surface area (Å²) in [4.78, 5) is 39.4. The van der Waals surface area contributed by atoms with Crippen LogP contribution in [0.15, 0.2) is 24.3 Å². The molecule has 0 heterocycles. The van der Waals surface area contributed by atoms with Gasteiger partial charge in [0.15, 0.2) is 0 Å². The summed E-state index contributed by atoms with van der Waals surface area (Å²) >= 11 is 0. The summed E-state index contributed by atoms with van der Waals surface area (Å²) in [5.41, 5.74) is -0.111. The molecule has 1 aromatic rings.